The molecule has 0 amide bonds. The van der Waals surface area contributed by atoms with E-state index >= 15 is 0 Å². The third-order valence-corrected chi connectivity index (χ3v) is 1.82. The first kappa shape index (κ1) is 19.8. The van der Waals surface area contributed by atoms with Gasteiger partial charge in [-0.1, -0.05) is 20.9 Å². The molecule has 0 unspecified atom stereocenters. The second kappa shape index (κ2) is 13.3. The standard InChI is InChI=1S/C4H11O3P.C2H8N2.Ca/c1-2-3-4-8(5,6)7;3-1-2-4;/h2-4H2,1H3,(H2,5,6,7);1-4H2;/q;;+2/p-2. The molecule has 0 spiro atoms. The van der Waals surface area contributed by atoms with Gasteiger partial charge in [0.15, 0.2) is 0 Å². The van der Waals surface area contributed by atoms with Crippen LogP contribution in [0.3, 0.4) is 0 Å². The van der Waals surface area contributed by atoms with Crippen molar-refractivity contribution in [1.82, 2.24) is 0 Å². The second-order valence-corrected chi connectivity index (χ2v) is 3.93. The molecule has 0 rings (SSSR count). The summed E-state index contributed by atoms with van der Waals surface area (Å²) in [6, 6.07) is 0. The van der Waals surface area contributed by atoms with Gasteiger partial charge in [0.1, 0.15) is 0 Å². The van der Waals surface area contributed by atoms with Crippen molar-refractivity contribution < 1.29 is 14.4 Å². The van der Waals surface area contributed by atoms with Crippen molar-refractivity contribution >= 4 is 45.3 Å². The van der Waals surface area contributed by atoms with Gasteiger partial charge in [-0.05, 0) is 12.6 Å². The molecule has 0 fully saturated rings. The summed E-state index contributed by atoms with van der Waals surface area (Å²) in [6.45, 7) is 3.04. The van der Waals surface area contributed by atoms with Gasteiger partial charge < -0.3 is 25.8 Å². The van der Waals surface area contributed by atoms with E-state index in [1.807, 2.05) is 6.92 Å². The molecule has 7 heteroatoms. The largest absolute Gasteiger partial charge is 2.00 e. The van der Waals surface area contributed by atoms with Gasteiger partial charge in [0.2, 0.25) is 0 Å². The van der Waals surface area contributed by atoms with Crippen LogP contribution in [0.2, 0.25) is 0 Å². The molecule has 0 heterocycles. The Morgan fingerprint density at radius 3 is 1.69 bits per heavy atom. The summed E-state index contributed by atoms with van der Waals surface area (Å²) in [5.41, 5.74) is 9.81. The van der Waals surface area contributed by atoms with Crippen LogP contribution in [0.25, 0.3) is 0 Å². The zero-order valence-corrected chi connectivity index (χ0v) is 11.2. The van der Waals surface area contributed by atoms with Gasteiger partial charge >= 0.3 is 37.7 Å². The van der Waals surface area contributed by atoms with Gasteiger partial charge in [0.05, 0.1) is 0 Å². The minimum absolute atomic E-state index is 0. The van der Waals surface area contributed by atoms with E-state index in [9.17, 15) is 14.4 Å². The predicted molar refractivity (Wildman–Crippen MR) is 51.2 cm³/mol. The van der Waals surface area contributed by atoms with Gasteiger partial charge in [0.25, 0.3) is 0 Å². The Morgan fingerprint density at radius 1 is 1.23 bits per heavy atom. The van der Waals surface area contributed by atoms with E-state index in [0.717, 1.165) is 6.42 Å². The average Bonchev–Trinajstić information content (AvgIpc) is 2.00. The smallest absolute Gasteiger partial charge is 0.811 e. The Kier molecular flexibility index (Phi) is 20.3. The fourth-order valence-corrected chi connectivity index (χ4v) is 1.06. The van der Waals surface area contributed by atoms with Crippen molar-refractivity contribution in [2.75, 3.05) is 19.3 Å². The van der Waals surface area contributed by atoms with Crippen LogP contribution in [-0.2, 0) is 4.57 Å². The van der Waals surface area contributed by atoms with Crippen LogP contribution in [0.15, 0.2) is 0 Å². The first-order valence-corrected chi connectivity index (χ1v) is 5.62. The SMILES string of the molecule is CCCCP(=O)([O-])[O-].NCCN.[Ca+2]. The summed E-state index contributed by atoms with van der Waals surface area (Å²) >= 11 is 0. The Hall–Kier alpha value is 1.33. The summed E-state index contributed by atoms with van der Waals surface area (Å²) in [4.78, 5) is 19.7. The van der Waals surface area contributed by atoms with E-state index < -0.39 is 7.60 Å². The predicted octanol–water partition coefficient (Wildman–Crippen LogP) is -1.78. The molecule has 0 saturated heterocycles. The van der Waals surface area contributed by atoms with Gasteiger partial charge in [-0.25, -0.2) is 0 Å². The van der Waals surface area contributed by atoms with Gasteiger partial charge in [-0.3, -0.25) is 0 Å². The summed E-state index contributed by atoms with van der Waals surface area (Å²) in [6.07, 6.45) is 1.06. The number of unbranched alkanes of at least 4 members (excludes halogenated alkanes) is 1. The topological polar surface area (TPSA) is 115 Å². The van der Waals surface area contributed by atoms with Gasteiger partial charge in [-0.2, -0.15) is 0 Å². The minimum Gasteiger partial charge on any atom is -0.811 e. The molecule has 0 aromatic carbocycles. The quantitative estimate of drug-likeness (QED) is 0.442. The van der Waals surface area contributed by atoms with Crippen molar-refractivity contribution in [3.05, 3.63) is 0 Å². The molecule has 5 nitrogen and oxygen atoms in total. The molecule has 4 N–H and O–H groups in total. The number of nitrogens with two attached hydrogens (primary N) is 2. The maximum Gasteiger partial charge on any atom is 2.00 e. The van der Waals surface area contributed by atoms with Crippen LogP contribution < -0.4 is 21.3 Å². The van der Waals surface area contributed by atoms with E-state index in [1.54, 1.807) is 0 Å². The van der Waals surface area contributed by atoms with Crippen LogP contribution >= 0.6 is 7.60 Å². The van der Waals surface area contributed by atoms with Crippen molar-refractivity contribution in [2.45, 2.75) is 19.8 Å². The van der Waals surface area contributed by atoms with Crippen molar-refractivity contribution in [3.63, 3.8) is 0 Å². The molecule has 76 valence electrons. The molecule has 0 bridgehead atoms. The molecule has 13 heavy (non-hydrogen) atoms. The van der Waals surface area contributed by atoms with Gasteiger partial charge in [-0.15, -0.1) is 0 Å². The van der Waals surface area contributed by atoms with Crippen molar-refractivity contribution in [2.24, 2.45) is 11.5 Å². The summed E-state index contributed by atoms with van der Waals surface area (Å²) < 4.78 is 9.86. The van der Waals surface area contributed by atoms with E-state index in [0.29, 0.717) is 19.5 Å². The summed E-state index contributed by atoms with van der Waals surface area (Å²) in [7, 11) is -4.18. The van der Waals surface area contributed by atoms with Gasteiger partial charge in [0, 0.05) is 13.1 Å². The Labute approximate surface area is 109 Å². The summed E-state index contributed by atoms with van der Waals surface area (Å²) in [5.74, 6) is 0. The van der Waals surface area contributed by atoms with Crippen LogP contribution in [0.1, 0.15) is 19.8 Å². The molecule has 0 aromatic rings. The van der Waals surface area contributed by atoms with Crippen LogP contribution in [-0.4, -0.2) is 57.0 Å². The molecule has 0 aliphatic rings. The number of hydrogen-bond acceptors (Lipinski definition) is 5. The first-order chi connectivity index (χ1) is 5.47. The molecule has 0 atom stereocenters. The fraction of sp³-hybridized carbons (Fsp3) is 1.00. The third kappa shape index (κ3) is 31.8. The molecule has 0 aliphatic carbocycles. The van der Waals surface area contributed by atoms with E-state index in [2.05, 4.69) is 0 Å². The maximum atomic E-state index is 9.86. The fourth-order valence-electron chi connectivity index (χ4n) is 0.352. The molecular formula is C6H17CaN2O3P. The molecule has 0 radical (unpaired) electrons. The van der Waals surface area contributed by atoms with E-state index in [1.165, 1.54) is 0 Å². The Morgan fingerprint density at radius 2 is 1.62 bits per heavy atom. The number of rotatable bonds is 4. The van der Waals surface area contributed by atoms with Crippen molar-refractivity contribution in [1.29, 1.82) is 0 Å². The second-order valence-electron chi connectivity index (χ2n) is 2.27. The van der Waals surface area contributed by atoms with E-state index in [-0.39, 0.29) is 43.9 Å². The molecule has 0 aromatic heterocycles. The monoisotopic (exact) mass is 236 g/mol. The molecular weight excluding hydrogens is 219 g/mol. The Balaban J connectivity index is -0.000000173. The Bertz CT molecular complexity index is 129. The van der Waals surface area contributed by atoms with Crippen LogP contribution in [0, 0.1) is 0 Å². The molecule has 0 aliphatic heterocycles. The first-order valence-electron chi connectivity index (χ1n) is 3.89. The van der Waals surface area contributed by atoms with E-state index in [4.69, 9.17) is 11.5 Å². The third-order valence-electron chi connectivity index (χ3n) is 0.952. The van der Waals surface area contributed by atoms with Crippen LogP contribution in [0.5, 0.6) is 0 Å². The molecule has 0 saturated carbocycles. The normalized spacial score (nSPS) is 9.62. The average molecular weight is 236 g/mol. The number of hydrogen-bond donors (Lipinski definition) is 2. The maximum absolute atomic E-state index is 9.86. The van der Waals surface area contributed by atoms with Crippen molar-refractivity contribution in [3.8, 4) is 0 Å². The minimum atomic E-state index is -4.18. The summed E-state index contributed by atoms with van der Waals surface area (Å²) in [5, 5.41) is 0. The zero-order chi connectivity index (χ0) is 10.0. The van der Waals surface area contributed by atoms with Crippen LogP contribution in [0.4, 0.5) is 0 Å². The zero-order valence-electron chi connectivity index (χ0n) is 8.07.